The molecule has 1 aromatic carbocycles. The first-order valence-corrected chi connectivity index (χ1v) is 7.93. The molecule has 1 aromatic rings. The van der Waals surface area contributed by atoms with E-state index in [1.807, 2.05) is 0 Å². The number of azide groups is 1. The van der Waals surface area contributed by atoms with E-state index in [4.69, 9.17) is 5.53 Å². The summed E-state index contributed by atoms with van der Waals surface area (Å²) < 4.78 is 28.9. The van der Waals surface area contributed by atoms with Crippen LogP contribution in [0.5, 0.6) is 0 Å². The predicted molar refractivity (Wildman–Crippen MR) is 77.1 cm³/mol. The molecule has 0 saturated carbocycles. The molecule has 0 fully saturated rings. The molecule has 0 heterocycles. The van der Waals surface area contributed by atoms with E-state index < -0.39 is 22.0 Å². The second-order valence-corrected chi connectivity index (χ2v) is 6.12. The van der Waals surface area contributed by atoms with Gasteiger partial charge in [0.2, 0.25) is 10.0 Å². The van der Waals surface area contributed by atoms with Gasteiger partial charge in [-0.3, -0.25) is 0 Å². The van der Waals surface area contributed by atoms with Gasteiger partial charge in [0, 0.05) is 11.5 Å². The predicted octanol–water partition coefficient (Wildman–Crippen LogP) is 1.76. The maximum atomic E-state index is 11.3. The number of nitrogens with zero attached hydrogens (tertiary/aromatic N) is 3. The molecule has 0 saturated heterocycles. The fraction of sp³-hybridized carbons (Fsp3) is 0.417. The van der Waals surface area contributed by atoms with E-state index in [1.165, 1.54) is 7.11 Å². The molecule has 0 aliphatic heterocycles. The first-order chi connectivity index (χ1) is 9.87. The van der Waals surface area contributed by atoms with Gasteiger partial charge in [-0.25, -0.2) is 17.9 Å². The zero-order valence-electron chi connectivity index (χ0n) is 11.7. The van der Waals surface area contributed by atoms with Crippen LogP contribution in [0.25, 0.3) is 10.4 Å². The number of rotatable bonds is 7. The van der Waals surface area contributed by atoms with Gasteiger partial charge in [0.15, 0.2) is 0 Å². The Hall–Kier alpha value is -2.09. The molecule has 0 radical (unpaired) electrons. The molecular weight excluding hydrogens is 296 g/mol. The minimum Gasteiger partial charge on any atom is -0.465 e. The van der Waals surface area contributed by atoms with Gasteiger partial charge in [-0.2, -0.15) is 0 Å². The number of nitrogens with one attached hydrogen (secondary N) is 1. The lowest BCUT2D eigenvalue weighted by Gasteiger charge is -2.12. The lowest BCUT2D eigenvalue weighted by atomic mass is 10.0. The molecule has 9 heteroatoms. The molecule has 114 valence electrons. The number of benzene rings is 1. The van der Waals surface area contributed by atoms with Gasteiger partial charge in [0.25, 0.3) is 0 Å². The van der Waals surface area contributed by atoms with E-state index in [9.17, 15) is 13.2 Å². The van der Waals surface area contributed by atoms with Crippen LogP contribution in [0.2, 0.25) is 0 Å². The van der Waals surface area contributed by atoms with Crippen molar-refractivity contribution in [3.8, 4) is 0 Å². The zero-order valence-corrected chi connectivity index (χ0v) is 12.5. The first kappa shape index (κ1) is 17.0. The van der Waals surface area contributed by atoms with Gasteiger partial charge in [-0.05, 0) is 29.6 Å². The molecule has 0 aromatic heterocycles. The Morgan fingerprint density at radius 1 is 1.43 bits per heavy atom. The highest BCUT2D eigenvalue weighted by atomic mass is 32.2. The highest BCUT2D eigenvalue weighted by molar-refractivity contribution is 7.88. The minimum atomic E-state index is -3.28. The number of hydrogen-bond donors (Lipinski definition) is 1. The maximum absolute atomic E-state index is 11.3. The quantitative estimate of drug-likeness (QED) is 0.357. The third kappa shape index (κ3) is 5.82. The number of ether oxygens (including phenoxy) is 1. The van der Waals surface area contributed by atoms with Gasteiger partial charge in [-0.1, -0.05) is 17.2 Å². The average molecular weight is 312 g/mol. The Morgan fingerprint density at radius 3 is 2.52 bits per heavy atom. The van der Waals surface area contributed by atoms with E-state index in [0.717, 1.165) is 6.26 Å². The number of sulfonamides is 1. The van der Waals surface area contributed by atoms with Crippen LogP contribution < -0.4 is 4.72 Å². The van der Waals surface area contributed by atoms with Gasteiger partial charge < -0.3 is 4.74 Å². The molecule has 8 nitrogen and oxygen atoms in total. The molecule has 0 spiro atoms. The fourth-order valence-electron chi connectivity index (χ4n) is 1.69. The van der Waals surface area contributed by atoms with Crippen LogP contribution in [0.3, 0.4) is 0 Å². The third-order valence-corrected chi connectivity index (χ3v) is 3.42. The summed E-state index contributed by atoms with van der Waals surface area (Å²) in [6, 6.07) is 5.89. The van der Waals surface area contributed by atoms with Crippen molar-refractivity contribution < 1.29 is 17.9 Å². The smallest absolute Gasteiger partial charge is 0.337 e. The summed E-state index contributed by atoms with van der Waals surface area (Å²) >= 11 is 0. The van der Waals surface area contributed by atoms with Crippen LogP contribution in [0.4, 0.5) is 0 Å². The van der Waals surface area contributed by atoms with E-state index in [2.05, 4.69) is 19.5 Å². The summed E-state index contributed by atoms with van der Waals surface area (Å²) in [6.45, 7) is 0.154. The average Bonchev–Trinajstić information content (AvgIpc) is 2.44. The monoisotopic (exact) mass is 312 g/mol. The van der Waals surface area contributed by atoms with Crippen LogP contribution in [-0.4, -0.2) is 34.3 Å². The lowest BCUT2D eigenvalue weighted by molar-refractivity contribution is 0.0600. The Bertz CT molecular complexity index is 636. The van der Waals surface area contributed by atoms with Crippen molar-refractivity contribution in [1.82, 2.24) is 4.72 Å². The van der Waals surface area contributed by atoms with Gasteiger partial charge in [-0.15, -0.1) is 0 Å². The molecule has 0 aliphatic rings. The second kappa shape index (κ2) is 7.63. The molecule has 1 N–H and O–H groups in total. The van der Waals surface area contributed by atoms with Crippen molar-refractivity contribution in [1.29, 1.82) is 0 Å². The number of carbonyl (C=O) groups excluding carboxylic acids is 1. The third-order valence-electron chi connectivity index (χ3n) is 2.69. The Balaban J connectivity index is 2.81. The zero-order chi connectivity index (χ0) is 15.9. The van der Waals surface area contributed by atoms with Crippen LogP contribution in [0.15, 0.2) is 29.4 Å². The molecule has 21 heavy (non-hydrogen) atoms. The summed E-state index contributed by atoms with van der Waals surface area (Å²) in [6.07, 6.45) is 1.37. The maximum Gasteiger partial charge on any atom is 0.337 e. The Morgan fingerprint density at radius 2 is 2.05 bits per heavy atom. The highest BCUT2D eigenvalue weighted by Crippen LogP contribution is 2.21. The topological polar surface area (TPSA) is 121 Å². The van der Waals surface area contributed by atoms with Crippen LogP contribution in [0, 0.1) is 0 Å². The van der Waals surface area contributed by atoms with Crippen molar-refractivity contribution in [2.75, 3.05) is 19.9 Å². The SMILES string of the molecule is COC(=O)c1ccc(C(CCNS(C)(=O)=O)N=[N+]=[N-])cc1. The fourth-order valence-corrected chi connectivity index (χ4v) is 2.18. The summed E-state index contributed by atoms with van der Waals surface area (Å²) in [5.74, 6) is -0.458. The minimum absolute atomic E-state index is 0.154. The van der Waals surface area contributed by atoms with Crippen LogP contribution >= 0.6 is 0 Å². The van der Waals surface area contributed by atoms with Crippen molar-refractivity contribution in [3.63, 3.8) is 0 Å². The number of hydrogen-bond acceptors (Lipinski definition) is 5. The number of carbonyl (C=O) groups is 1. The molecule has 1 atom stereocenters. The summed E-state index contributed by atoms with van der Waals surface area (Å²) in [5.41, 5.74) is 9.66. The molecule has 1 rings (SSSR count). The highest BCUT2D eigenvalue weighted by Gasteiger charge is 2.12. The van der Waals surface area contributed by atoms with Gasteiger partial charge in [0.05, 0.1) is 25.0 Å². The van der Waals surface area contributed by atoms with Gasteiger partial charge in [0.1, 0.15) is 0 Å². The van der Waals surface area contributed by atoms with Crippen molar-refractivity contribution in [3.05, 3.63) is 45.8 Å². The van der Waals surface area contributed by atoms with E-state index >= 15 is 0 Å². The Labute approximate surface area is 122 Å². The largest absolute Gasteiger partial charge is 0.465 e. The van der Waals surface area contributed by atoms with E-state index in [-0.39, 0.29) is 6.54 Å². The van der Waals surface area contributed by atoms with Crippen LogP contribution in [0.1, 0.15) is 28.4 Å². The summed E-state index contributed by atoms with van der Waals surface area (Å²) in [7, 11) is -2.00. The molecular formula is C12H16N4O4S. The first-order valence-electron chi connectivity index (χ1n) is 6.04. The lowest BCUT2D eigenvalue weighted by Crippen LogP contribution is -2.24. The molecule has 0 aliphatic carbocycles. The number of methoxy groups -OCH3 is 1. The second-order valence-electron chi connectivity index (χ2n) is 4.29. The normalized spacial score (nSPS) is 12.3. The summed E-state index contributed by atoms with van der Waals surface area (Å²) in [4.78, 5) is 14.1. The molecule has 1 unspecified atom stereocenters. The van der Waals surface area contributed by atoms with Crippen LogP contribution in [-0.2, 0) is 14.8 Å². The summed E-state index contributed by atoms with van der Waals surface area (Å²) in [5, 5.41) is 3.64. The Kier molecular flexibility index (Phi) is 6.16. The van der Waals surface area contributed by atoms with Crippen molar-refractivity contribution in [2.24, 2.45) is 5.11 Å². The van der Waals surface area contributed by atoms with E-state index in [0.29, 0.717) is 17.5 Å². The molecule has 0 amide bonds. The van der Waals surface area contributed by atoms with Gasteiger partial charge >= 0.3 is 5.97 Å². The van der Waals surface area contributed by atoms with E-state index in [1.54, 1.807) is 24.3 Å². The number of esters is 1. The standard InChI is InChI=1S/C12H16N4O4S/c1-20-12(17)10-5-3-9(4-6-10)11(15-16-13)7-8-14-21(2,18)19/h3-6,11,14H,7-8H2,1-2H3. The molecule has 0 bridgehead atoms. The van der Waals surface area contributed by atoms with Crippen molar-refractivity contribution in [2.45, 2.75) is 12.5 Å². The van der Waals surface area contributed by atoms with Crippen molar-refractivity contribution >= 4 is 16.0 Å².